The van der Waals surface area contributed by atoms with E-state index in [0.717, 1.165) is 5.56 Å². The van der Waals surface area contributed by atoms with E-state index in [4.69, 9.17) is 12.2 Å². The summed E-state index contributed by atoms with van der Waals surface area (Å²) in [6, 6.07) is 9.97. The van der Waals surface area contributed by atoms with Crippen LogP contribution in [0.25, 0.3) is 5.69 Å². The van der Waals surface area contributed by atoms with Gasteiger partial charge in [-0.05, 0) is 17.8 Å². The molecule has 1 aromatic carbocycles. The molecule has 0 aliphatic rings. The summed E-state index contributed by atoms with van der Waals surface area (Å²) in [5.74, 6) is 0. The van der Waals surface area contributed by atoms with Crippen LogP contribution in [0.1, 0.15) is 5.56 Å². The minimum atomic E-state index is -0.302. The van der Waals surface area contributed by atoms with E-state index in [1.165, 1.54) is 4.57 Å². The van der Waals surface area contributed by atoms with Crippen molar-refractivity contribution in [2.75, 3.05) is 0 Å². The highest BCUT2D eigenvalue weighted by Gasteiger charge is 2.06. The van der Waals surface area contributed by atoms with Crippen molar-refractivity contribution >= 4 is 12.2 Å². The van der Waals surface area contributed by atoms with Crippen LogP contribution < -0.4 is 5.69 Å². The van der Waals surface area contributed by atoms with E-state index in [1.54, 1.807) is 17.1 Å². The third-order valence-electron chi connectivity index (χ3n) is 2.75. The Kier molecular flexibility index (Phi) is 2.88. The topological polar surface area (TPSA) is 71.4 Å². The fourth-order valence-electron chi connectivity index (χ4n) is 1.87. The van der Waals surface area contributed by atoms with E-state index in [-0.39, 0.29) is 5.69 Å². The number of hydrogen-bond acceptors (Lipinski definition) is 3. The highest BCUT2D eigenvalue weighted by molar-refractivity contribution is 7.71. The van der Waals surface area contributed by atoms with Crippen LogP contribution in [-0.4, -0.2) is 24.5 Å². The van der Waals surface area contributed by atoms with Crippen LogP contribution >= 0.6 is 12.2 Å². The van der Waals surface area contributed by atoms with Crippen LogP contribution in [0, 0.1) is 4.77 Å². The number of H-pyrrole nitrogens is 2. The number of nitrogens with zero attached hydrogens (tertiary/aromatic N) is 3. The molecule has 0 aliphatic carbocycles. The van der Waals surface area contributed by atoms with Crippen molar-refractivity contribution in [2.24, 2.45) is 0 Å². The number of aromatic amines is 2. The predicted molar refractivity (Wildman–Crippen MR) is 72.9 cm³/mol. The number of aromatic nitrogens is 5. The normalized spacial score (nSPS) is 10.7. The SMILES string of the molecule is O=c1[nH][nH]c(=S)n1-c1cnn(Cc2ccccc2)c1. The Morgan fingerprint density at radius 1 is 1.21 bits per heavy atom. The van der Waals surface area contributed by atoms with Gasteiger partial charge in [-0.25, -0.2) is 14.5 Å². The zero-order valence-corrected chi connectivity index (χ0v) is 10.7. The van der Waals surface area contributed by atoms with Crippen LogP contribution in [0.3, 0.4) is 0 Å². The van der Waals surface area contributed by atoms with E-state index in [1.807, 2.05) is 30.3 Å². The summed E-state index contributed by atoms with van der Waals surface area (Å²) >= 11 is 5.03. The lowest BCUT2D eigenvalue weighted by molar-refractivity contribution is 0.686. The molecule has 0 unspecified atom stereocenters. The Balaban J connectivity index is 1.92. The summed E-state index contributed by atoms with van der Waals surface area (Å²) in [6.07, 6.45) is 3.40. The van der Waals surface area contributed by atoms with Crippen molar-refractivity contribution < 1.29 is 0 Å². The van der Waals surface area contributed by atoms with Gasteiger partial charge in [0, 0.05) is 6.20 Å². The van der Waals surface area contributed by atoms with Gasteiger partial charge in [0.2, 0.25) is 4.77 Å². The van der Waals surface area contributed by atoms with E-state index in [2.05, 4.69) is 15.3 Å². The van der Waals surface area contributed by atoms with E-state index < -0.39 is 0 Å². The van der Waals surface area contributed by atoms with Crippen LogP contribution in [0.2, 0.25) is 0 Å². The Morgan fingerprint density at radius 2 is 2.00 bits per heavy atom. The largest absolute Gasteiger partial charge is 0.347 e. The van der Waals surface area contributed by atoms with Crippen molar-refractivity contribution in [1.29, 1.82) is 0 Å². The van der Waals surface area contributed by atoms with E-state index in [0.29, 0.717) is 17.0 Å². The number of rotatable bonds is 3. The van der Waals surface area contributed by atoms with Gasteiger partial charge in [0.15, 0.2) is 0 Å². The molecule has 0 spiro atoms. The average Bonchev–Trinajstić information content (AvgIpc) is 2.98. The van der Waals surface area contributed by atoms with Crippen molar-refractivity contribution in [3.63, 3.8) is 0 Å². The van der Waals surface area contributed by atoms with Crippen LogP contribution in [0.5, 0.6) is 0 Å². The maximum absolute atomic E-state index is 11.6. The molecule has 7 heteroatoms. The molecule has 3 aromatic rings. The lowest BCUT2D eigenvalue weighted by atomic mass is 10.2. The second-order valence-electron chi connectivity index (χ2n) is 4.08. The molecule has 0 aliphatic heterocycles. The average molecular weight is 273 g/mol. The first-order valence-corrected chi connectivity index (χ1v) is 6.11. The Labute approximate surface area is 113 Å². The second kappa shape index (κ2) is 4.69. The zero-order valence-electron chi connectivity index (χ0n) is 9.91. The van der Waals surface area contributed by atoms with Crippen molar-refractivity contribution in [1.82, 2.24) is 24.5 Å². The predicted octanol–water partition coefficient (Wildman–Crippen LogP) is 1.47. The molecule has 19 heavy (non-hydrogen) atoms. The standard InChI is InChI=1S/C12H11N5OS/c18-11-14-15-12(19)17(11)10-6-13-16(8-10)7-9-4-2-1-3-5-9/h1-6,8H,7H2,(H,14,18)(H,15,19). The third-order valence-corrected chi connectivity index (χ3v) is 3.03. The molecule has 6 nitrogen and oxygen atoms in total. The Bertz CT molecular complexity index is 768. The van der Waals surface area contributed by atoms with Crippen LogP contribution in [0.4, 0.5) is 0 Å². The van der Waals surface area contributed by atoms with Gasteiger partial charge < -0.3 is 0 Å². The van der Waals surface area contributed by atoms with Gasteiger partial charge in [0.05, 0.1) is 18.4 Å². The lowest BCUT2D eigenvalue weighted by Gasteiger charge is -2.00. The minimum absolute atomic E-state index is 0.302. The molecule has 0 fully saturated rings. The summed E-state index contributed by atoms with van der Waals surface area (Å²) in [6.45, 7) is 0.649. The Hall–Kier alpha value is -2.41. The molecule has 0 atom stereocenters. The highest BCUT2D eigenvalue weighted by Crippen LogP contribution is 2.06. The van der Waals surface area contributed by atoms with Crippen LogP contribution in [-0.2, 0) is 6.54 Å². The van der Waals surface area contributed by atoms with Gasteiger partial charge in [-0.2, -0.15) is 5.10 Å². The maximum Gasteiger partial charge on any atom is 0.347 e. The van der Waals surface area contributed by atoms with Crippen LogP contribution in [0.15, 0.2) is 47.5 Å². The molecule has 0 saturated heterocycles. The molecule has 0 saturated carbocycles. The summed E-state index contributed by atoms with van der Waals surface area (Å²) in [7, 11) is 0. The number of hydrogen-bond donors (Lipinski definition) is 2. The molecule has 0 amide bonds. The van der Waals surface area contributed by atoms with Crippen molar-refractivity contribution in [2.45, 2.75) is 6.54 Å². The van der Waals surface area contributed by atoms with E-state index in [9.17, 15) is 4.79 Å². The van der Waals surface area contributed by atoms with Gasteiger partial charge in [-0.15, -0.1) is 0 Å². The molecule has 2 aromatic heterocycles. The zero-order chi connectivity index (χ0) is 13.2. The quantitative estimate of drug-likeness (QED) is 0.710. The summed E-state index contributed by atoms with van der Waals surface area (Å²) < 4.78 is 3.45. The van der Waals surface area contributed by atoms with Gasteiger partial charge in [-0.1, -0.05) is 30.3 Å². The first kappa shape index (κ1) is 11.7. The van der Waals surface area contributed by atoms with Gasteiger partial charge >= 0.3 is 5.69 Å². The molecule has 0 radical (unpaired) electrons. The highest BCUT2D eigenvalue weighted by atomic mass is 32.1. The minimum Gasteiger partial charge on any atom is -0.272 e. The monoisotopic (exact) mass is 273 g/mol. The lowest BCUT2D eigenvalue weighted by Crippen LogP contribution is -2.14. The third kappa shape index (κ3) is 2.27. The molecule has 0 bridgehead atoms. The van der Waals surface area contributed by atoms with Crippen molar-refractivity contribution in [3.8, 4) is 5.69 Å². The van der Waals surface area contributed by atoms with Gasteiger partial charge in [-0.3, -0.25) is 9.78 Å². The fraction of sp³-hybridized carbons (Fsp3) is 0.0833. The molecule has 3 rings (SSSR count). The maximum atomic E-state index is 11.6. The summed E-state index contributed by atoms with van der Waals surface area (Å²) in [4.78, 5) is 11.6. The summed E-state index contributed by atoms with van der Waals surface area (Å²) in [5, 5.41) is 9.27. The molecular formula is C12H11N5OS. The first-order valence-electron chi connectivity index (χ1n) is 5.70. The molecule has 2 N–H and O–H groups in total. The van der Waals surface area contributed by atoms with E-state index >= 15 is 0 Å². The molecule has 2 heterocycles. The van der Waals surface area contributed by atoms with Gasteiger partial charge in [0.25, 0.3) is 0 Å². The second-order valence-corrected chi connectivity index (χ2v) is 4.46. The Morgan fingerprint density at radius 3 is 2.68 bits per heavy atom. The number of benzene rings is 1. The number of nitrogens with one attached hydrogen (secondary N) is 2. The molecule has 96 valence electrons. The van der Waals surface area contributed by atoms with Crippen molar-refractivity contribution in [3.05, 3.63) is 63.5 Å². The van der Waals surface area contributed by atoms with Gasteiger partial charge in [0.1, 0.15) is 0 Å². The smallest absolute Gasteiger partial charge is 0.272 e. The summed E-state index contributed by atoms with van der Waals surface area (Å²) in [5.41, 5.74) is 1.48. The molecular weight excluding hydrogens is 262 g/mol. The fourth-order valence-corrected chi connectivity index (χ4v) is 2.11. The first-order chi connectivity index (χ1) is 9.24.